The fourth-order valence-electron chi connectivity index (χ4n) is 6.90. The number of nitrogens with zero attached hydrogens (tertiary/aromatic N) is 2. The van der Waals surface area contributed by atoms with Crippen molar-refractivity contribution in [1.82, 2.24) is 9.47 Å². The number of benzene rings is 3. The molecule has 282 valence electrons. The van der Waals surface area contributed by atoms with Gasteiger partial charge in [-0.25, -0.2) is 9.18 Å². The number of aromatic nitrogens is 1. The van der Waals surface area contributed by atoms with Crippen LogP contribution < -0.4 is 9.47 Å². The molecule has 0 radical (unpaired) electrons. The summed E-state index contributed by atoms with van der Waals surface area (Å²) in [5.41, 5.74) is 6.17. The number of alkyl halides is 1. The Morgan fingerprint density at radius 3 is 2.36 bits per heavy atom. The van der Waals surface area contributed by atoms with Gasteiger partial charge >= 0.3 is 5.97 Å². The molecular formula is C44H53FN2O6. The Labute approximate surface area is 313 Å². The van der Waals surface area contributed by atoms with Crippen molar-refractivity contribution < 1.29 is 32.9 Å². The minimum Gasteiger partial charge on any atom is -0.492 e. The van der Waals surface area contributed by atoms with Crippen LogP contribution in [-0.2, 0) is 32.2 Å². The number of rotatable bonds is 16. The minimum atomic E-state index is -0.946. The predicted octanol–water partition coefficient (Wildman–Crippen LogP) is 8.48. The lowest BCUT2D eigenvalue weighted by atomic mass is 10.00. The van der Waals surface area contributed by atoms with Crippen LogP contribution in [0.25, 0.3) is 16.5 Å². The van der Waals surface area contributed by atoms with Gasteiger partial charge in [0.2, 0.25) is 0 Å². The molecule has 1 fully saturated rings. The normalized spacial score (nSPS) is 16.8. The van der Waals surface area contributed by atoms with E-state index in [1.807, 2.05) is 69.3 Å². The second-order valence-electron chi connectivity index (χ2n) is 14.8. The summed E-state index contributed by atoms with van der Waals surface area (Å²) in [6.07, 6.45) is 7.13. The molecule has 1 unspecified atom stereocenters. The summed E-state index contributed by atoms with van der Waals surface area (Å²) in [4.78, 5) is 14.2. The average Bonchev–Trinajstić information content (AvgIpc) is 3.41. The van der Waals surface area contributed by atoms with Gasteiger partial charge < -0.3 is 28.3 Å². The van der Waals surface area contributed by atoms with Crippen molar-refractivity contribution in [3.05, 3.63) is 113 Å². The molecule has 2 heterocycles. The fraction of sp³-hybridized carbons (Fsp3) is 0.432. The first-order valence-corrected chi connectivity index (χ1v) is 18.8. The number of carbonyl (C=O) groups is 1. The number of halogens is 1. The molecule has 0 N–H and O–H groups in total. The Bertz CT molecular complexity index is 1850. The Balaban J connectivity index is 0.993. The highest BCUT2D eigenvalue weighted by Crippen LogP contribution is 2.36. The second-order valence-corrected chi connectivity index (χ2v) is 14.8. The van der Waals surface area contributed by atoms with Gasteiger partial charge in [0, 0.05) is 43.5 Å². The molecule has 6 rings (SSSR count). The average molecular weight is 725 g/mol. The number of ether oxygens (including phenoxy) is 5. The maximum absolute atomic E-state index is 14.1. The number of likely N-dealkylation sites (tertiary alicyclic amines) is 1. The predicted molar refractivity (Wildman–Crippen MR) is 207 cm³/mol. The van der Waals surface area contributed by atoms with Crippen LogP contribution in [0.15, 0.2) is 91.0 Å². The van der Waals surface area contributed by atoms with E-state index in [9.17, 15) is 9.18 Å². The number of esters is 1. The molecule has 1 saturated heterocycles. The maximum Gasteiger partial charge on any atom is 0.332 e. The van der Waals surface area contributed by atoms with Gasteiger partial charge in [-0.15, -0.1) is 0 Å². The van der Waals surface area contributed by atoms with Gasteiger partial charge in [-0.2, -0.15) is 0 Å². The number of piperidine rings is 1. The molecule has 0 amide bonds. The van der Waals surface area contributed by atoms with Crippen LogP contribution in [0.4, 0.5) is 4.39 Å². The first kappa shape index (κ1) is 38.3. The van der Waals surface area contributed by atoms with Crippen LogP contribution in [0, 0.1) is 6.92 Å². The number of aryl methyl sites for hydroxylation is 1. The molecule has 9 heteroatoms. The lowest BCUT2D eigenvalue weighted by molar-refractivity contribution is -0.160. The summed E-state index contributed by atoms with van der Waals surface area (Å²) >= 11 is 0. The van der Waals surface area contributed by atoms with Gasteiger partial charge in [0.05, 0.1) is 25.0 Å². The summed E-state index contributed by atoms with van der Waals surface area (Å²) in [7, 11) is 0. The SMILES string of the molecule is Cc1c(C2=CCC(F)C=C2)n(Cc2ccc(OCCN3CCC(OCCOCC(=O)OC(C)(C)C)CC3)cc2)c2ccc(OCc3ccccc3)cc12. The number of allylic oxidation sites excluding steroid dienone is 4. The van der Waals surface area contributed by atoms with Crippen LogP contribution in [-0.4, -0.2) is 79.4 Å². The van der Waals surface area contributed by atoms with Crippen molar-refractivity contribution in [3.8, 4) is 11.5 Å². The molecule has 8 nitrogen and oxygen atoms in total. The molecule has 1 atom stereocenters. The van der Waals surface area contributed by atoms with Crippen molar-refractivity contribution in [2.45, 2.75) is 78.0 Å². The summed E-state index contributed by atoms with van der Waals surface area (Å²) in [5, 5.41) is 1.13. The third-order valence-electron chi connectivity index (χ3n) is 9.55. The third kappa shape index (κ3) is 11.0. The largest absolute Gasteiger partial charge is 0.492 e. The smallest absolute Gasteiger partial charge is 0.332 e. The summed E-state index contributed by atoms with van der Waals surface area (Å²) in [5.74, 6) is 1.31. The number of hydrogen-bond donors (Lipinski definition) is 0. The quantitative estimate of drug-likeness (QED) is 0.0849. The lowest BCUT2D eigenvalue weighted by Crippen LogP contribution is -2.39. The molecule has 53 heavy (non-hydrogen) atoms. The third-order valence-corrected chi connectivity index (χ3v) is 9.55. The highest BCUT2D eigenvalue weighted by Gasteiger charge is 2.22. The van der Waals surface area contributed by atoms with Crippen molar-refractivity contribution in [2.24, 2.45) is 0 Å². The summed E-state index contributed by atoms with van der Waals surface area (Å²) < 4.78 is 45.4. The van der Waals surface area contributed by atoms with Crippen LogP contribution in [0.1, 0.15) is 62.4 Å². The highest BCUT2D eigenvalue weighted by molar-refractivity contribution is 5.93. The molecule has 2 aliphatic rings. The standard InChI is InChI=1S/C44H53FN2O6/c1-32-40-28-39(52-30-34-8-6-5-7-9-34)18-19-41(40)47(43(32)35-12-14-36(45)15-13-35)29-33-10-16-37(17-11-33)50-25-24-46-22-20-38(21-23-46)51-27-26-49-31-42(48)53-44(2,3)4/h5-14,16-19,28,36,38H,15,20-27,29-31H2,1-4H3. The van der Waals surface area contributed by atoms with Crippen molar-refractivity contribution in [2.75, 3.05) is 46.1 Å². The van der Waals surface area contributed by atoms with E-state index in [-0.39, 0.29) is 18.7 Å². The molecule has 1 aliphatic heterocycles. The van der Waals surface area contributed by atoms with Crippen LogP contribution >= 0.6 is 0 Å². The summed E-state index contributed by atoms with van der Waals surface area (Å²) in [6.45, 7) is 13.0. The molecular weight excluding hydrogens is 671 g/mol. The first-order chi connectivity index (χ1) is 25.6. The zero-order chi connectivity index (χ0) is 37.2. The van der Waals surface area contributed by atoms with Crippen molar-refractivity contribution in [3.63, 3.8) is 0 Å². The van der Waals surface area contributed by atoms with Crippen LogP contribution in [0.3, 0.4) is 0 Å². The lowest BCUT2D eigenvalue weighted by Gasteiger charge is -2.31. The van der Waals surface area contributed by atoms with Gasteiger partial charge in [0.1, 0.15) is 43.1 Å². The molecule has 1 aromatic heterocycles. The van der Waals surface area contributed by atoms with E-state index in [1.54, 1.807) is 6.08 Å². The van der Waals surface area contributed by atoms with E-state index < -0.39 is 11.8 Å². The Kier molecular flexibility index (Phi) is 13.0. The molecule has 1 aliphatic carbocycles. The van der Waals surface area contributed by atoms with Gasteiger partial charge in [0.15, 0.2) is 0 Å². The second kappa shape index (κ2) is 18.1. The molecule has 0 spiro atoms. The van der Waals surface area contributed by atoms with E-state index >= 15 is 0 Å². The van der Waals surface area contributed by atoms with Gasteiger partial charge in [-0.1, -0.05) is 54.6 Å². The van der Waals surface area contributed by atoms with Crippen molar-refractivity contribution in [1.29, 1.82) is 0 Å². The number of hydrogen-bond acceptors (Lipinski definition) is 7. The number of carbonyl (C=O) groups excluding carboxylic acids is 1. The maximum atomic E-state index is 14.1. The Morgan fingerprint density at radius 2 is 1.64 bits per heavy atom. The van der Waals surface area contributed by atoms with E-state index in [0.29, 0.717) is 39.4 Å². The van der Waals surface area contributed by atoms with Crippen LogP contribution in [0.2, 0.25) is 0 Å². The van der Waals surface area contributed by atoms with E-state index in [2.05, 4.69) is 52.8 Å². The topological polar surface area (TPSA) is 71.4 Å². The zero-order valence-corrected chi connectivity index (χ0v) is 31.5. The van der Waals surface area contributed by atoms with Gasteiger partial charge in [0.25, 0.3) is 0 Å². The van der Waals surface area contributed by atoms with Crippen molar-refractivity contribution >= 4 is 22.4 Å². The van der Waals surface area contributed by atoms with E-state index in [4.69, 9.17) is 23.7 Å². The van der Waals surface area contributed by atoms with E-state index in [0.717, 1.165) is 82.8 Å². The van der Waals surface area contributed by atoms with Gasteiger partial charge in [-0.3, -0.25) is 4.90 Å². The number of fused-ring (bicyclic) bond motifs is 1. The first-order valence-electron chi connectivity index (χ1n) is 18.8. The summed E-state index contributed by atoms with van der Waals surface area (Å²) in [6, 6.07) is 24.8. The Hall–Kier alpha value is -4.44. The minimum absolute atomic E-state index is 0.0565. The fourth-order valence-corrected chi connectivity index (χ4v) is 6.90. The van der Waals surface area contributed by atoms with E-state index in [1.165, 1.54) is 0 Å². The molecule has 4 aromatic rings. The molecule has 3 aromatic carbocycles. The van der Waals surface area contributed by atoms with Gasteiger partial charge in [-0.05, 0) is 99.2 Å². The monoisotopic (exact) mass is 724 g/mol. The van der Waals surface area contributed by atoms with Crippen LogP contribution in [0.5, 0.6) is 11.5 Å². The zero-order valence-electron chi connectivity index (χ0n) is 31.5. The Morgan fingerprint density at radius 1 is 0.887 bits per heavy atom. The molecule has 0 bridgehead atoms. The highest BCUT2D eigenvalue weighted by atomic mass is 19.1. The molecule has 0 saturated carbocycles.